The number of rotatable bonds is 10. The molecule has 1 aliphatic rings. The molecule has 3 rings (SSSR count). The number of nitrogens with zero attached hydrogens (tertiary/aromatic N) is 1. The van der Waals surface area contributed by atoms with E-state index < -0.39 is 6.61 Å². The first-order valence-electron chi connectivity index (χ1n) is 10.9. The molecule has 6 nitrogen and oxygen atoms in total. The van der Waals surface area contributed by atoms with Gasteiger partial charge in [-0.05, 0) is 49.6 Å². The second-order valence-electron chi connectivity index (χ2n) is 7.73. The van der Waals surface area contributed by atoms with Crippen LogP contribution in [0.1, 0.15) is 30.0 Å². The van der Waals surface area contributed by atoms with Crippen LogP contribution in [0.25, 0.3) is 0 Å². The Labute approximate surface area is 211 Å². The molecule has 182 valence electrons. The van der Waals surface area contributed by atoms with E-state index in [4.69, 9.17) is 9.47 Å². The third-order valence-corrected chi connectivity index (χ3v) is 5.06. The molecule has 0 aliphatic carbocycles. The van der Waals surface area contributed by atoms with Gasteiger partial charge in [-0.3, -0.25) is 0 Å². The van der Waals surface area contributed by atoms with Crippen molar-refractivity contribution < 1.29 is 23.0 Å². The van der Waals surface area contributed by atoms with Gasteiger partial charge in [-0.1, -0.05) is 24.3 Å². The van der Waals surface area contributed by atoms with Crippen molar-refractivity contribution in [3.05, 3.63) is 59.2 Å². The van der Waals surface area contributed by atoms with Crippen molar-refractivity contribution in [3.8, 4) is 11.5 Å². The minimum Gasteiger partial charge on any atom is -0.493 e. The minimum absolute atomic E-state index is 0. The number of hydrogen-bond acceptors (Lipinski definition) is 4. The van der Waals surface area contributed by atoms with E-state index in [1.807, 2.05) is 26.0 Å². The Hall–Kier alpha value is -2.14. The molecule has 0 bridgehead atoms. The summed E-state index contributed by atoms with van der Waals surface area (Å²) in [5.41, 5.74) is 2.95. The van der Waals surface area contributed by atoms with Crippen LogP contribution >= 0.6 is 24.0 Å². The number of nitrogens with one attached hydrogen (secondary N) is 2. The van der Waals surface area contributed by atoms with E-state index >= 15 is 0 Å². The lowest BCUT2D eigenvalue weighted by Crippen LogP contribution is -2.36. The van der Waals surface area contributed by atoms with E-state index in [-0.39, 0.29) is 29.7 Å². The Morgan fingerprint density at radius 3 is 2.79 bits per heavy atom. The fourth-order valence-electron chi connectivity index (χ4n) is 3.38. The van der Waals surface area contributed by atoms with Crippen LogP contribution in [-0.2, 0) is 17.8 Å². The van der Waals surface area contributed by atoms with Gasteiger partial charge in [-0.15, -0.1) is 24.0 Å². The van der Waals surface area contributed by atoms with Crippen molar-refractivity contribution in [2.75, 3.05) is 26.4 Å². The molecule has 1 saturated heterocycles. The van der Waals surface area contributed by atoms with Crippen LogP contribution in [0, 0.1) is 12.8 Å². The summed E-state index contributed by atoms with van der Waals surface area (Å²) in [5.74, 6) is 2.04. The number of alkyl halides is 2. The van der Waals surface area contributed by atoms with Crippen LogP contribution < -0.4 is 20.1 Å². The predicted molar refractivity (Wildman–Crippen MR) is 136 cm³/mol. The van der Waals surface area contributed by atoms with Gasteiger partial charge in [0, 0.05) is 31.2 Å². The highest BCUT2D eigenvalue weighted by molar-refractivity contribution is 14.0. The van der Waals surface area contributed by atoms with Crippen LogP contribution in [0.3, 0.4) is 0 Å². The molecule has 2 N–H and O–H groups in total. The molecular formula is C24H32F2IN3O3. The van der Waals surface area contributed by atoms with Crippen molar-refractivity contribution >= 4 is 29.9 Å². The fraction of sp³-hybridized carbons (Fsp3) is 0.458. The van der Waals surface area contributed by atoms with E-state index in [1.54, 1.807) is 12.1 Å². The molecular weight excluding hydrogens is 543 g/mol. The van der Waals surface area contributed by atoms with E-state index in [0.29, 0.717) is 38.1 Å². The molecule has 1 atom stereocenters. The molecule has 2 aromatic rings. The molecule has 0 aromatic heterocycles. The summed E-state index contributed by atoms with van der Waals surface area (Å²) in [6.45, 7) is 4.93. The second-order valence-corrected chi connectivity index (χ2v) is 7.73. The Balaban J connectivity index is 0.00000385. The van der Waals surface area contributed by atoms with Gasteiger partial charge in [0.05, 0.1) is 19.8 Å². The maximum Gasteiger partial charge on any atom is 0.387 e. The highest BCUT2D eigenvalue weighted by Crippen LogP contribution is 2.23. The van der Waals surface area contributed by atoms with Gasteiger partial charge in [-0.25, -0.2) is 4.99 Å². The Morgan fingerprint density at radius 2 is 2.06 bits per heavy atom. The van der Waals surface area contributed by atoms with Gasteiger partial charge in [-0.2, -0.15) is 8.78 Å². The lowest BCUT2D eigenvalue weighted by molar-refractivity contribution is -0.0498. The average molecular weight is 575 g/mol. The zero-order valence-electron chi connectivity index (χ0n) is 19.0. The summed E-state index contributed by atoms with van der Waals surface area (Å²) >= 11 is 0. The van der Waals surface area contributed by atoms with Crippen molar-refractivity contribution in [1.29, 1.82) is 0 Å². The zero-order valence-corrected chi connectivity index (χ0v) is 21.3. The smallest absolute Gasteiger partial charge is 0.387 e. The number of benzene rings is 2. The molecule has 0 radical (unpaired) electrons. The normalized spacial score (nSPS) is 15.8. The van der Waals surface area contributed by atoms with Crippen LogP contribution in [0.5, 0.6) is 11.5 Å². The zero-order chi connectivity index (χ0) is 22.8. The summed E-state index contributed by atoms with van der Waals surface area (Å²) in [5, 5.41) is 6.53. The van der Waals surface area contributed by atoms with Gasteiger partial charge >= 0.3 is 6.61 Å². The summed E-state index contributed by atoms with van der Waals surface area (Å²) in [6, 6.07) is 12.7. The number of aryl methyl sites for hydroxylation is 1. The molecule has 33 heavy (non-hydrogen) atoms. The first kappa shape index (κ1) is 27.1. The number of ether oxygens (including phenoxy) is 3. The van der Waals surface area contributed by atoms with Crippen LogP contribution in [0.2, 0.25) is 0 Å². The molecule has 0 amide bonds. The maximum atomic E-state index is 12.4. The Morgan fingerprint density at radius 1 is 1.21 bits per heavy atom. The molecule has 1 fully saturated rings. The van der Waals surface area contributed by atoms with Crippen LogP contribution in [0.15, 0.2) is 47.5 Å². The van der Waals surface area contributed by atoms with Gasteiger partial charge < -0.3 is 24.8 Å². The van der Waals surface area contributed by atoms with Gasteiger partial charge in [0.25, 0.3) is 0 Å². The Bertz CT molecular complexity index is 893. The van der Waals surface area contributed by atoms with Crippen molar-refractivity contribution in [2.24, 2.45) is 10.9 Å². The number of halogens is 3. The third kappa shape index (κ3) is 9.32. The SMILES string of the molecule is CCNC(=NCc1cccc(OC(F)F)c1)NCc1ccc(C)cc1OCC1CCOC1.I. The molecule has 2 aromatic carbocycles. The van der Waals surface area contributed by atoms with E-state index in [0.717, 1.165) is 42.1 Å². The first-order chi connectivity index (χ1) is 15.5. The van der Waals surface area contributed by atoms with Gasteiger partial charge in [0.1, 0.15) is 11.5 Å². The lowest BCUT2D eigenvalue weighted by Gasteiger charge is -2.17. The largest absolute Gasteiger partial charge is 0.493 e. The minimum atomic E-state index is -2.85. The predicted octanol–water partition coefficient (Wildman–Crippen LogP) is 4.89. The van der Waals surface area contributed by atoms with E-state index in [9.17, 15) is 8.78 Å². The highest BCUT2D eigenvalue weighted by Gasteiger charge is 2.17. The standard InChI is InChI=1S/C24H31F2N3O3.HI/c1-3-27-24(28-13-18-5-4-6-21(12-18)32-23(25)26)29-14-20-8-7-17(2)11-22(20)31-16-19-9-10-30-15-19;/h4-8,11-12,19,23H,3,9-10,13-16H2,1-2H3,(H2,27,28,29);1H. The topological polar surface area (TPSA) is 64.1 Å². The van der Waals surface area contributed by atoms with Gasteiger partial charge in [0.2, 0.25) is 0 Å². The monoisotopic (exact) mass is 575 g/mol. The molecule has 1 unspecified atom stereocenters. The van der Waals surface area contributed by atoms with Crippen molar-refractivity contribution in [2.45, 2.75) is 40.0 Å². The number of guanidine groups is 1. The summed E-state index contributed by atoms with van der Waals surface area (Å²) in [7, 11) is 0. The molecule has 1 aliphatic heterocycles. The van der Waals surface area contributed by atoms with Crippen molar-refractivity contribution in [1.82, 2.24) is 10.6 Å². The molecule has 0 saturated carbocycles. The Kier molecular flexibility index (Phi) is 11.7. The number of aliphatic imine (C=N–C) groups is 1. The van der Waals surface area contributed by atoms with Gasteiger partial charge in [0.15, 0.2) is 5.96 Å². The molecule has 0 spiro atoms. The van der Waals surface area contributed by atoms with Crippen molar-refractivity contribution in [3.63, 3.8) is 0 Å². The third-order valence-electron chi connectivity index (χ3n) is 5.06. The first-order valence-corrected chi connectivity index (χ1v) is 10.9. The lowest BCUT2D eigenvalue weighted by atomic mass is 10.1. The summed E-state index contributed by atoms with van der Waals surface area (Å²) in [6.07, 6.45) is 1.03. The molecule has 1 heterocycles. The van der Waals surface area contributed by atoms with E-state index in [2.05, 4.69) is 32.5 Å². The average Bonchev–Trinajstić information content (AvgIpc) is 3.28. The fourth-order valence-corrected chi connectivity index (χ4v) is 3.38. The quantitative estimate of drug-likeness (QED) is 0.240. The summed E-state index contributed by atoms with van der Waals surface area (Å²) in [4.78, 5) is 4.57. The van der Waals surface area contributed by atoms with E-state index in [1.165, 1.54) is 6.07 Å². The van der Waals surface area contributed by atoms with Crippen LogP contribution in [0.4, 0.5) is 8.78 Å². The molecule has 9 heteroatoms. The highest BCUT2D eigenvalue weighted by atomic mass is 127. The maximum absolute atomic E-state index is 12.4. The number of hydrogen-bond donors (Lipinski definition) is 2. The van der Waals surface area contributed by atoms with Crippen LogP contribution in [-0.4, -0.2) is 38.9 Å². The second kappa shape index (κ2) is 14.2. The summed E-state index contributed by atoms with van der Waals surface area (Å²) < 4.78 is 40.9.